The fourth-order valence-electron chi connectivity index (χ4n) is 1.21. The first-order valence-electron chi connectivity index (χ1n) is 5.25. The van der Waals surface area contributed by atoms with Gasteiger partial charge in [0.15, 0.2) is 0 Å². The highest BCUT2D eigenvalue weighted by molar-refractivity contribution is 5.93. The van der Waals surface area contributed by atoms with Gasteiger partial charge in [-0.25, -0.2) is 14.2 Å². The Labute approximate surface area is 98.6 Å². The highest BCUT2D eigenvalue weighted by atomic mass is 19.1. The van der Waals surface area contributed by atoms with Crippen molar-refractivity contribution in [3.8, 4) is 0 Å². The third kappa shape index (κ3) is 4.36. The largest absolute Gasteiger partial charge is 0.478 e. The quantitative estimate of drug-likeness (QED) is 0.744. The molecule has 6 heteroatoms. The van der Waals surface area contributed by atoms with Crippen LogP contribution in [0.5, 0.6) is 0 Å². The van der Waals surface area contributed by atoms with Crippen molar-refractivity contribution < 1.29 is 19.0 Å². The fraction of sp³-hybridized carbons (Fsp3) is 0.455. The molecule has 0 aliphatic heterocycles. The molecule has 0 aliphatic rings. The topological polar surface area (TPSA) is 71.5 Å². The minimum atomic E-state index is -1.22. The number of hydrogen-bond acceptors (Lipinski definition) is 4. The van der Waals surface area contributed by atoms with Gasteiger partial charge in [-0.15, -0.1) is 0 Å². The highest BCUT2D eigenvalue weighted by Gasteiger charge is 2.12. The summed E-state index contributed by atoms with van der Waals surface area (Å²) in [6, 6.07) is 0.932. The van der Waals surface area contributed by atoms with Gasteiger partial charge in [-0.3, -0.25) is 0 Å². The number of nitrogens with one attached hydrogen (secondary N) is 1. The molecule has 0 aromatic carbocycles. The number of nitrogens with zero attached hydrogens (tertiary/aromatic N) is 1. The van der Waals surface area contributed by atoms with Crippen LogP contribution in [-0.2, 0) is 4.74 Å². The summed E-state index contributed by atoms with van der Waals surface area (Å²) in [4.78, 5) is 14.5. The predicted molar refractivity (Wildman–Crippen MR) is 60.7 cm³/mol. The zero-order valence-corrected chi connectivity index (χ0v) is 9.74. The van der Waals surface area contributed by atoms with E-state index in [1.165, 1.54) is 0 Å². The maximum Gasteiger partial charge on any atom is 0.339 e. The van der Waals surface area contributed by atoms with E-state index in [1.807, 2.05) is 13.8 Å². The molecule has 0 saturated carbocycles. The molecule has 0 unspecified atom stereocenters. The Morgan fingerprint density at radius 3 is 2.94 bits per heavy atom. The average Bonchev–Trinajstić information content (AvgIpc) is 2.25. The van der Waals surface area contributed by atoms with E-state index in [1.54, 1.807) is 0 Å². The van der Waals surface area contributed by atoms with Gasteiger partial charge in [0.1, 0.15) is 17.2 Å². The number of halogens is 1. The normalized spacial score (nSPS) is 10.6. The maximum atomic E-state index is 12.8. The molecule has 2 N–H and O–H groups in total. The number of carboxylic acids is 1. The number of aromatic nitrogens is 1. The molecule has 1 aromatic heterocycles. The van der Waals surface area contributed by atoms with Crippen LogP contribution in [0.1, 0.15) is 24.2 Å². The molecule has 0 aliphatic carbocycles. The number of aromatic carboxylic acids is 1. The Morgan fingerprint density at radius 2 is 2.35 bits per heavy atom. The van der Waals surface area contributed by atoms with Crippen LogP contribution in [0.15, 0.2) is 12.3 Å². The van der Waals surface area contributed by atoms with E-state index in [9.17, 15) is 9.18 Å². The third-order valence-electron chi connectivity index (χ3n) is 1.93. The van der Waals surface area contributed by atoms with Gasteiger partial charge in [-0.1, -0.05) is 0 Å². The second-order valence-corrected chi connectivity index (χ2v) is 3.70. The Balaban J connectivity index is 2.61. The molecule has 0 bridgehead atoms. The molecule has 1 rings (SSSR count). The van der Waals surface area contributed by atoms with Crippen LogP contribution in [0.4, 0.5) is 10.2 Å². The molecule has 0 spiro atoms. The molecule has 0 atom stereocenters. The van der Waals surface area contributed by atoms with Gasteiger partial charge in [0.2, 0.25) is 0 Å². The molecular weight excluding hydrogens is 227 g/mol. The van der Waals surface area contributed by atoms with Gasteiger partial charge >= 0.3 is 5.97 Å². The van der Waals surface area contributed by atoms with Crippen molar-refractivity contribution in [2.24, 2.45) is 0 Å². The Bertz CT molecular complexity index is 396. The molecule has 0 fully saturated rings. The van der Waals surface area contributed by atoms with Gasteiger partial charge in [0, 0.05) is 6.54 Å². The monoisotopic (exact) mass is 242 g/mol. The number of carbonyl (C=O) groups is 1. The van der Waals surface area contributed by atoms with Crippen molar-refractivity contribution in [2.75, 3.05) is 18.5 Å². The Hall–Kier alpha value is -1.69. The van der Waals surface area contributed by atoms with Gasteiger partial charge in [-0.05, 0) is 19.9 Å². The van der Waals surface area contributed by atoms with E-state index in [0.717, 1.165) is 12.3 Å². The number of anilines is 1. The van der Waals surface area contributed by atoms with Crippen molar-refractivity contribution in [1.82, 2.24) is 4.98 Å². The molecule has 17 heavy (non-hydrogen) atoms. The summed E-state index contributed by atoms with van der Waals surface area (Å²) in [5, 5.41) is 11.7. The second kappa shape index (κ2) is 6.15. The number of ether oxygens (including phenoxy) is 1. The fourth-order valence-corrected chi connectivity index (χ4v) is 1.21. The molecule has 5 nitrogen and oxygen atoms in total. The van der Waals surface area contributed by atoms with Crippen molar-refractivity contribution in [2.45, 2.75) is 20.0 Å². The zero-order valence-electron chi connectivity index (χ0n) is 9.74. The highest BCUT2D eigenvalue weighted by Crippen LogP contribution is 2.13. The van der Waals surface area contributed by atoms with E-state index >= 15 is 0 Å². The van der Waals surface area contributed by atoms with Crippen molar-refractivity contribution in [1.29, 1.82) is 0 Å². The molecule has 1 aromatic rings. The van der Waals surface area contributed by atoms with Crippen LogP contribution in [0.25, 0.3) is 0 Å². The molecule has 1 heterocycles. The van der Waals surface area contributed by atoms with E-state index in [-0.39, 0.29) is 17.5 Å². The lowest BCUT2D eigenvalue weighted by Gasteiger charge is -2.10. The molecule has 0 saturated heterocycles. The van der Waals surface area contributed by atoms with Crippen LogP contribution in [-0.4, -0.2) is 35.3 Å². The predicted octanol–water partition coefficient (Wildman–Crippen LogP) is 1.76. The number of pyridine rings is 1. The summed E-state index contributed by atoms with van der Waals surface area (Å²) in [7, 11) is 0. The van der Waals surface area contributed by atoms with E-state index in [2.05, 4.69) is 10.3 Å². The minimum Gasteiger partial charge on any atom is -0.478 e. The molecule has 94 valence electrons. The van der Waals surface area contributed by atoms with E-state index in [0.29, 0.717) is 13.2 Å². The third-order valence-corrected chi connectivity index (χ3v) is 1.93. The van der Waals surface area contributed by atoms with Crippen molar-refractivity contribution in [3.05, 3.63) is 23.6 Å². The van der Waals surface area contributed by atoms with Crippen molar-refractivity contribution in [3.63, 3.8) is 0 Å². The summed E-state index contributed by atoms with van der Waals surface area (Å²) >= 11 is 0. The first kappa shape index (κ1) is 13.4. The lowest BCUT2D eigenvalue weighted by Crippen LogP contribution is -2.16. The maximum absolute atomic E-state index is 12.8. The number of carboxylic acid groups (broad SMARTS) is 1. The summed E-state index contributed by atoms with van der Waals surface area (Å²) in [5.74, 6) is -1.75. The Morgan fingerprint density at radius 1 is 1.65 bits per heavy atom. The standard InChI is InChI=1S/C11H15FN2O3/c1-7(2)17-4-3-13-10-9(11(15)16)5-8(12)6-14-10/h5-7H,3-4H2,1-2H3,(H,13,14)(H,15,16). The summed E-state index contributed by atoms with van der Waals surface area (Å²) in [6.07, 6.45) is 1.08. The molecule has 0 radical (unpaired) electrons. The smallest absolute Gasteiger partial charge is 0.339 e. The van der Waals surface area contributed by atoms with E-state index in [4.69, 9.17) is 9.84 Å². The summed E-state index contributed by atoms with van der Waals surface area (Å²) in [6.45, 7) is 4.64. The van der Waals surface area contributed by atoms with Crippen LogP contribution in [0.3, 0.4) is 0 Å². The lowest BCUT2D eigenvalue weighted by atomic mass is 10.2. The Kier molecular flexibility index (Phi) is 4.84. The number of hydrogen-bond donors (Lipinski definition) is 2. The van der Waals surface area contributed by atoms with Gasteiger partial charge in [0.05, 0.1) is 18.9 Å². The van der Waals surface area contributed by atoms with E-state index < -0.39 is 11.8 Å². The minimum absolute atomic E-state index is 0.108. The van der Waals surface area contributed by atoms with Crippen LogP contribution >= 0.6 is 0 Å². The molecular formula is C11H15FN2O3. The first-order valence-corrected chi connectivity index (χ1v) is 5.25. The SMILES string of the molecule is CC(C)OCCNc1ncc(F)cc1C(=O)O. The molecule has 0 amide bonds. The summed E-state index contributed by atoms with van der Waals surface area (Å²) in [5.41, 5.74) is -0.186. The van der Waals surface area contributed by atoms with Crippen molar-refractivity contribution >= 4 is 11.8 Å². The number of rotatable bonds is 6. The average molecular weight is 242 g/mol. The zero-order chi connectivity index (χ0) is 12.8. The first-order chi connectivity index (χ1) is 8.00. The van der Waals surface area contributed by atoms with Crippen LogP contribution in [0, 0.1) is 5.82 Å². The second-order valence-electron chi connectivity index (χ2n) is 3.70. The van der Waals surface area contributed by atoms with Crippen LogP contribution < -0.4 is 5.32 Å². The van der Waals surface area contributed by atoms with Gasteiger partial charge in [-0.2, -0.15) is 0 Å². The lowest BCUT2D eigenvalue weighted by molar-refractivity contribution is 0.0696. The van der Waals surface area contributed by atoms with Gasteiger partial charge < -0.3 is 15.2 Å². The summed E-state index contributed by atoms with van der Waals surface area (Å²) < 4.78 is 18.1. The van der Waals surface area contributed by atoms with Gasteiger partial charge in [0.25, 0.3) is 0 Å². The van der Waals surface area contributed by atoms with Crippen LogP contribution in [0.2, 0.25) is 0 Å².